The van der Waals surface area contributed by atoms with Gasteiger partial charge in [-0.15, -0.1) is 0 Å². The highest BCUT2D eigenvalue weighted by Crippen LogP contribution is 2.32. The van der Waals surface area contributed by atoms with Crippen LogP contribution in [0, 0.1) is 0 Å². The van der Waals surface area contributed by atoms with E-state index in [4.69, 9.17) is 4.74 Å². The summed E-state index contributed by atoms with van der Waals surface area (Å²) >= 11 is 3.41. The summed E-state index contributed by atoms with van der Waals surface area (Å²) in [4.78, 5) is 10.7. The zero-order valence-electron chi connectivity index (χ0n) is 10.0. The molecule has 2 aromatic carbocycles. The van der Waals surface area contributed by atoms with E-state index in [1.165, 1.54) is 0 Å². The maximum atomic E-state index is 10.7. The Labute approximate surface area is 115 Å². The summed E-state index contributed by atoms with van der Waals surface area (Å²) in [6.45, 7) is 2.09. The van der Waals surface area contributed by atoms with Gasteiger partial charge in [-0.25, -0.2) is 0 Å². The predicted octanol–water partition coefficient (Wildman–Crippen LogP) is 4.62. The summed E-state index contributed by atoms with van der Waals surface area (Å²) in [5, 5.41) is 0. The molecule has 3 heteroatoms. The molecule has 0 bridgehead atoms. The molecule has 0 radical (unpaired) electrons. The van der Waals surface area contributed by atoms with Crippen molar-refractivity contribution in [3.63, 3.8) is 0 Å². The molecule has 0 saturated heterocycles. The molecule has 0 fully saturated rings. The molecule has 0 amide bonds. The second-order valence-electron chi connectivity index (χ2n) is 3.87. The van der Waals surface area contributed by atoms with Gasteiger partial charge < -0.3 is 4.74 Å². The average Bonchev–Trinajstić information content (AvgIpc) is 2.41. The maximum Gasteiger partial charge on any atom is 0.150 e. The molecule has 18 heavy (non-hydrogen) atoms. The number of para-hydroxylation sites is 1. The summed E-state index contributed by atoms with van der Waals surface area (Å²) in [5.41, 5.74) is 1.78. The molecule has 0 spiro atoms. The summed E-state index contributed by atoms with van der Waals surface area (Å²) < 4.78 is 6.64. The first-order chi connectivity index (χ1) is 8.74. The number of ether oxygens (including phenoxy) is 1. The van der Waals surface area contributed by atoms with E-state index in [1.807, 2.05) is 24.3 Å². The van der Waals surface area contributed by atoms with Gasteiger partial charge in [0.05, 0.1) is 4.47 Å². The first kappa shape index (κ1) is 12.8. The topological polar surface area (TPSA) is 26.3 Å². The van der Waals surface area contributed by atoms with Crippen LogP contribution in [0.3, 0.4) is 0 Å². The minimum absolute atomic E-state index is 0.623. The van der Waals surface area contributed by atoms with Crippen LogP contribution in [-0.2, 0) is 6.42 Å². The van der Waals surface area contributed by atoms with Gasteiger partial charge in [-0.1, -0.05) is 25.1 Å². The Morgan fingerprint density at radius 3 is 2.61 bits per heavy atom. The molecule has 0 N–H and O–H groups in total. The number of carbonyl (C=O) groups is 1. The number of carbonyl (C=O) groups excluding carboxylic acids is 1. The summed E-state index contributed by atoms with van der Waals surface area (Å²) in [7, 11) is 0. The number of hydrogen-bond donors (Lipinski definition) is 0. The SMILES string of the molecule is CCc1ccccc1Oc1ccc(C=O)cc1Br. The Bertz CT molecular complexity index is 564. The van der Waals surface area contributed by atoms with Crippen LogP contribution in [0.5, 0.6) is 11.5 Å². The predicted molar refractivity (Wildman–Crippen MR) is 75.4 cm³/mol. The van der Waals surface area contributed by atoms with Crippen molar-refractivity contribution >= 4 is 22.2 Å². The lowest BCUT2D eigenvalue weighted by atomic mass is 10.1. The fourth-order valence-electron chi connectivity index (χ4n) is 1.69. The number of aldehydes is 1. The highest BCUT2D eigenvalue weighted by atomic mass is 79.9. The molecule has 0 aromatic heterocycles. The molecule has 0 saturated carbocycles. The van der Waals surface area contributed by atoms with Crippen LogP contribution < -0.4 is 4.74 Å². The third kappa shape index (κ3) is 2.79. The van der Waals surface area contributed by atoms with E-state index < -0.39 is 0 Å². The van der Waals surface area contributed by atoms with Gasteiger partial charge in [0, 0.05) is 5.56 Å². The van der Waals surface area contributed by atoms with Gasteiger partial charge in [0.1, 0.15) is 17.8 Å². The second kappa shape index (κ2) is 5.83. The van der Waals surface area contributed by atoms with Crippen LogP contribution in [0.25, 0.3) is 0 Å². The number of benzene rings is 2. The van der Waals surface area contributed by atoms with Crippen molar-refractivity contribution < 1.29 is 9.53 Å². The monoisotopic (exact) mass is 304 g/mol. The largest absolute Gasteiger partial charge is 0.456 e. The van der Waals surface area contributed by atoms with Crippen LogP contribution in [0.4, 0.5) is 0 Å². The van der Waals surface area contributed by atoms with E-state index in [0.717, 1.165) is 28.5 Å². The average molecular weight is 305 g/mol. The van der Waals surface area contributed by atoms with E-state index in [9.17, 15) is 4.79 Å². The lowest BCUT2D eigenvalue weighted by molar-refractivity contribution is 0.112. The van der Waals surface area contributed by atoms with E-state index >= 15 is 0 Å². The van der Waals surface area contributed by atoms with Crippen LogP contribution in [0.15, 0.2) is 46.9 Å². The smallest absolute Gasteiger partial charge is 0.150 e. The van der Waals surface area contributed by atoms with Crippen LogP contribution >= 0.6 is 15.9 Å². The van der Waals surface area contributed by atoms with Crippen LogP contribution in [0.1, 0.15) is 22.8 Å². The van der Waals surface area contributed by atoms with Crippen molar-refractivity contribution in [1.82, 2.24) is 0 Å². The first-order valence-electron chi connectivity index (χ1n) is 5.75. The fraction of sp³-hybridized carbons (Fsp3) is 0.133. The molecule has 0 heterocycles. The molecule has 2 nitrogen and oxygen atoms in total. The van der Waals surface area contributed by atoms with Gasteiger partial charge in [-0.05, 0) is 52.2 Å². The summed E-state index contributed by atoms with van der Waals surface area (Å²) in [5.74, 6) is 1.56. The standard InChI is InChI=1S/C15H13BrO2/c1-2-12-5-3-4-6-14(12)18-15-8-7-11(10-17)9-13(15)16/h3-10H,2H2,1H3. The van der Waals surface area contributed by atoms with Crippen molar-refractivity contribution in [2.45, 2.75) is 13.3 Å². The molecular weight excluding hydrogens is 292 g/mol. The highest BCUT2D eigenvalue weighted by Gasteiger charge is 2.06. The lowest BCUT2D eigenvalue weighted by Gasteiger charge is -2.11. The molecule has 0 unspecified atom stereocenters. The van der Waals surface area contributed by atoms with E-state index in [0.29, 0.717) is 11.3 Å². The van der Waals surface area contributed by atoms with Gasteiger partial charge in [0.25, 0.3) is 0 Å². The van der Waals surface area contributed by atoms with Crippen molar-refractivity contribution in [3.8, 4) is 11.5 Å². The fourth-order valence-corrected chi connectivity index (χ4v) is 2.16. The van der Waals surface area contributed by atoms with Gasteiger partial charge in [0.15, 0.2) is 0 Å². The molecule has 0 atom stereocenters. The number of halogens is 1. The lowest BCUT2D eigenvalue weighted by Crippen LogP contribution is -1.91. The maximum absolute atomic E-state index is 10.7. The Balaban J connectivity index is 2.31. The van der Waals surface area contributed by atoms with Crippen molar-refractivity contribution in [2.24, 2.45) is 0 Å². The molecule has 0 aliphatic rings. The van der Waals surface area contributed by atoms with Crippen LogP contribution in [-0.4, -0.2) is 6.29 Å². The van der Waals surface area contributed by atoms with Crippen molar-refractivity contribution in [2.75, 3.05) is 0 Å². The third-order valence-corrected chi connectivity index (χ3v) is 3.29. The molecular formula is C15H13BrO2. The Morgan fingerprint density at radius 2 is 1.94 bits per heavy atom. The molecule has 0 aliphatic carbocycles. The molecule has 2 rings (SSSR count). The van der Waals surface area contributed by atoms with E-state index in [-0.39, 0.29) is 0 Å². The number of aryl methyl sites for hydroxylation is 1. The summed E-state index contributed by atoms with van der Waals surface area (Å²) in [6.07, 6.45) is 1.73. The Hall–Kier alpha value is -1.61. The minimum atomic E-state index is 0.623. The molecule has 2 aromatic rings. The number of hydrogen-bond acceptors (Lipinski definition) is 2. The van der Waals surface area contributed by atoms with Gasteiger partial charge in [0.2, 0.25) is 0 Å². The zero-order chi connectivity index (χ0) is 13.0. The van der Waals surface area contributed by atoms with Gasteiger partial charge in [-0.3, -0.25) is 4.79 Å². The minimum Gasteiger partial charge on any atom is -0.456 e. The van der Waals surface area contributed by atoms with Gasteiger partial charge >= 0.3 is 0 Å². The van der Waals surface area contributed by atoms with E-state index in [1.54, 1.807) is 18.2 Å². The highest BCUT2D eigenvalue weighted by molar-refractivity contribution is 9.10. The second-order valence-corrected chi connectivity index (χ2v) is 4.73. The van der Waals surface area contributed by atoms with Crippen molar-refractivity contribution in [1.29, 1.82) is 0 Å². The molecule has 92 valence electrons. The third-order valence-electron chi connectivity index (χ3n) is 2.67. The Morgan fingerprint density at radius 1 is 1.17 bits per heavy atom. The van der Waals surface area contributed by atoms with Crippen LogP contribution in [0.2, 0.25) is 0 Å². The summed E-state index contributed by atoms with van der Waals surface area (Å²) in [6, 6.07) is 13.2. The normalized spacial score (nSPS) is 10.1. The van der Waals surface area contributed by atoms with E-state index in [2.05, 4.69) is 22.9 Å². The molecule has 0 aliphatic heterocycles. The Kier molecular flexibility index (Phi) is 4.15. The van der Waals surface area contributed by atoms with Crippen molar-refractivity contribution in [3.05, 3.63) is 58.1 Å². The quantitative estimate of drug-likeness (QED) is 0.771. The first-order valence-corrected chi connectivity index (χ1v) is 6.54. The zero-order valence-corrected chi connectivity index (χ0v) is 11.6. The van der Waals surface area contributed by atoms with Gasteiger partial charge in [-0.2, -0.15) is 0 Å². The number of rotatable bonds is 4.